The van der Waals surface area contributed by atoms with E-state index < -0.39 is 5.82 Å². The van der Waals surface area contributed by atoms with Gasteiger partial charge in [0, 0.05) is 11.6 Å². The van der Waals surface area contributed by atoms with Crippen LogP contribution in [0, 0.1) is 5.82 Å². The van der Waals surface area contributed by atoms with Gasteiger partial charge in [-0.3, -0.25) is 4.79 Å². The highest BCUT2D eigenvalue weighted by Gasteiger charge is 2.12. The summed E-state index contributed by atoms with van der Waals surface area (Å²) in [5, 5.41) is 2.84. The molecule has 0 aliphatic rings. The van der Waals surface area contributed by atoms with Crippen LogP contribution in [0.25, 0.3) is 22.1 Å². The van der Waals surface area contributed by atoms with Crippen LogP contribution in [0.3, 0.4) is 0 Å². The number of fused-ring (bicyclic) bond motifs is 2. The molecule has 6 nitrogen and oxygen atoms in total. The highest BCUT2D eigenvalue weighted by Crippen LogP contribution is 2.21. The maximum absolute atomic E-state index is 14.0. The molecule has 2 aromatic heterocycles. The van der Waals surface area contributed by atoms with Crippen molar-refractivity contribution in [1.82, 2.24) is 19.5 Å². The number of nitrogens with zero attached hydrogens (tertiary/aromatic N) is 3. The number of benzene rings is 2. The number of hydrogen-bond donors (Lipinski definition) is 2. The molecule has 1 amide bonds. The lowest BCUT2D eigenvalue weighted by Crippen LogP contribution is -2.18. The first-order valence-corrected chi connectivity index (χ1v) is 8.40. The van der Waals surface area contributed by atoms with Crippen LogP contribution < -0.4 is 5.32 Å². The molecular weight excluding hydrogens is 333 g/mol. The number of H-pyrrole nitrogens is 1. The van der Waals surface area contributed by atoms with Crippen molar-refractivity contribution in [3.8, 4) is 0 Å². The third-order valence-corrected chi connectivity index (χ3v) is 4.23. The average Bonchev–Trinajstić information content (AvgIpc) is 3.19. The molecule has 7 heteroatoms. The van der Waals surface area contributed by atoms with Crippen molar-refractivity contribution in [1.29, 1.82) is 0 Å². The van der Waals surface area contributed by atoms with E-state index in [1.807, 2.05) is 12.1 Å². The van der Waals surface area contributed by atoms with E-state index in [-0.39, 0.29) is 12.5 Å². The van der Waals surface area contributed by atoms with Crippen molar-refractivity contribution < 1.29 is 9.18 Å². The van der Waals surface area contributed by atoms with Crippen LogP contribution >= 0.6 is 0 Å². The molecule has 0 radical (unpaired) electrons. The molecule has 0 aliphatic heterocycles. The molecule has 0 unspecified atom stereocenters. The lowest BCUT2D eigenvalue weighted by molar-refractivity contribution is -0.116. The number of rotatable bonds is 4. The van der Waals surface area contributed by atoms with Gasteiger partial charge in [-0.2, -0.15) is 0 Å². The van der Waals surface area contributed by atoms with Crippen molar-refractivity contribution in [3.05, 3.63) is 54.4 Å². The summed E-state index contributed by atoms with van der Waals surface area (Å²) in [6, 6.07) is 10.2. The summed E-state index contributed by atoms with van der Waals surface area (Å²) in [7, 11) is 0. The second-order valence-electron chi connectivity index (χ2n) is 6.54. The Labute approximate surface area is 149 Å². The van der Waals surface area contributed by atoms with Crippen molar-refractivity contribution in [2.75, 3.05) is 5.32 Å². The van der Waals surface area contributed by atoms with Crippen molar-refractivity contribution in [2.24, 2.45) is 0 Å². The number of aromatic amines is 1. The van der Waals surface area contributed by atoms with E-state index in [4.69, 9.17) is 0 Å². The number of carbonyl (C=O) groups is 1. The number of aromatic nitrogens is 4. The summed E-state index contributed by atoms with van der Waals surface area (Å²) >= 11 is 0. The monoisotopic (exact) mass is 351 g/mol. The Kier molecular flexibility index (Phi) is 3.91. The Balaban J connectivity index is 1.55. The van der Waals surface area contributed by atoms with Gasteiger partial charge in [-0.1, -0.05) is 19.9 Å². The first-order chi connectivity index (χ1) is 12.5. The number of carbonyl (C=O) groups excluding carboxylic acids is 1. The normalized spacial score (nSPS) is 11.5. The molecule has 0 bridgehead atoms. The highest BCUT2D eigenvalue weighted by molar-refractivity contribution is 5.93. The molecule has 132 valence electrons. The van der Waals surface area contributed by atoms with Gasteiger partial charge in [0.15, 0.2) is 0 Å². The smallest absolute Gasteiger partial charge is 0.244 e. The number of anilines is 1. The second-order valence-corrected chi connectivity index (χ2v) is 6.54. The fourth-order valence-electron chi connectivity index (χ4n) is 2.94. The van der Waals surface area contributed by atoms with Crippen LogP contribution in [0.15, 0.2) is 42.7 Å². The summed E-state index contributed by atoms with van der Waals surface area (Å²) in [5.74, 6) is 0.553. The Bertz CT molecular complexity index is 1110. The quantitative estimate of drug-likeness (QED) is 0.587. The van der Waals surface area contributed by atoms with Gasteiger partial charge >= 0.3 is 0 Å². The first kappa shape index (κ1) is 16.3. The minimum Gasteiger partial charge on any atom is -0.342 e. The summed E-state index contributed by atoms with van der Waals surface area (Å²) in [6.45, 7) is 4.11. The summed E-state index contributed by atoms with van der Waals surface area (Å²) < 4.78 is 15.5. The number of halogens is 1. The minimum atomic E-state index is -0.395. The van der Waals surface area contributed by atoms with E-state index in [2.05, 4.69) is 34.1 Å². The second kappa shape index (κ2) is 6.25. The maximum Gasteiger partial charge on any atom is 0.244 e. The van der Waals surface area contributed by atoms with Crippen LogP contribution in [0.5, 0.6) is 0 Å². The van der Waals surface area contributed by atoms with Gasteiger partial charge in [0.05, 0.1) is 22.9 Å². The lowest BCUT2D eigenvalue weighted by Gasteiger charge is -2.07. The zero-order chi connectivity index (χ0) is 18.3. The van der Waals surface area contributed by atoms with E-state index in [1.165, 1.54) is 17.0 Å². The molecular formula is C19H18FN5O. The number of amides is 1. The van der Waals surface area contributed by atoms with Gasteiger partial charge in [0.25, 0.3) is 0 Å². The fourth-order valence-corrected chi connectivity index (χ4v) is 2.94. The standard InChI is InChI=1S/C19H18FN5O/c1-11(2)19-23-14-7-6-12(8-16(14)24-19)22-17(26)9-25-10-21-15-5-3-4-13(20)18(15)25/h3-8,10-11H,9H2,1-2H3,(H,22,26)(H,23,24). The third-order valence-electron chi connectivity index (χ3n) is 4.23. The molecule has 0 atom stereocenters. The SMILES string of the molecule is CC(C)c1nc2ccc(NC(=O)Cn3cnc4cccc(F)c43)cc2[nH]1. The Morgan fingerprint density at radius 2 is 2.12 bits per heavy atom. The molecule has 4 aromatic rings. The van der Waals surface area contributed by atoms with Crippen LogP contribution in [0.2, 0.25) is 0 Å². The predicted octanol–water partition coefficient (Wildman–Crippen LogP) is 3.81. The van der Waals surface area contributed by atoms with E-state index in [9.17, 15) is 9.18 Å². The molecule has 26 heavy (non-hydrogen) atoms. The Morgan fingerprint density at radius 3 is 2.92 bits per heavy atom. The van der Waals surface area contributed by atoms with Gasteiger partial charge in [-0.05, 0) is 30.3 Å². The fraction of sp³-hybridized carbons (Fsp3) is 0.211. The number of para-hydroxylation sites is 1. The molecule has 0 saturated carbocycles. The van der Waals surface area contributed by atoms with Gasteiger partial charge < -0.3 is 14.9 Å². The predicted molar refractivity (Wildman–Crippen MR) is 98.5 cm³/mol. The summed E-state index contributed by atoms with van der Waals surface area (Å²) in [5.41, 5.74) is 3.23. The van der Waals surface area contributed by atoms with Gasteiger partial charge in [0.1, 0.15) is 23.7 Å². The number of hydrogen-bond acceptors (Lipinski definition) is 3. The summed E-state index contributed by atoms with van der Waals surface area (Å²) in [4.78, 5) is 24.3. The molecule has 0 aliphatic carbocycles. The Hall–Kier alpha value is -3.22. The number of imidazole rings is 2. The highest BCUT2D eigenvalue weighted by atomic mass is 19.1. The first-order valence-electron chi connectivity index (χ1n) is 8.40. The van der Waals surface area contributed by atoms with Crippen molar-refractivity contribution in [2.45, 2.75) is 26.3 Å². The van der Waals surface area contributed by atoms with Crippen molar-refractivity contribution >= 4 is 33.7 Å². The third kappa shape index (κ3) is 2.92. The van der Waals surface area contributed by atoms with E-state index in [0.29, 0.717) is 22.6 Å². The van der Waals surface area contributed by atoms with Crippen LogP contribution in [0.4, 0.5) is 10.1 Å². The van der Waals surface area contributed by atoms with E-state index >= 15 is 0 Å². The van der Waals surface area contributed by atoms with Crippen LogP contribution in [-0.4, -0.2) is 25.4 Å². The van der Waals surface area contributed by atoms with Crippen LogP contribution in [0.1, 0.15) is 25.6 Å². The molecule has 0 saturated heterocycles. The minimum absolute atomic E-state index is 0.0182. The molecule has 4 rings (SSSR count). The van der Waals surface area contributed by atoms with Gasteiger partial charge in [0.2, 0.25) is 5.91 Å². The molecule has 2 aromatic carbocycles. The molecule has 2 N–H and O–H groups in total. The van der Waals surface area contributed by atoms with Gasteiger partial charge in [-0.15, -0.1) is 0 Å². The zero-order valence-electron chi connectivity index (χ0n) is 14.5. The van der Waals surface area contributed by atoms with Crippen LogP contribution in [-0.2, 0) is 11.3 Å². The lowest BCUT2D eigenvalue weighted by atomic mass is 10.2. The van der Waals surface area contributed by atoms with E-state index in [1.54, 1.807) is 18.2 Å². The maximum atomic E-state index is 14.0. The van der Waals surface area contributed by atoms with E-state index in [0.717, 1.165) is 16.9 Å². The molecule has 2 heterocycles. The summed E-state index contributed by atoms with van der Waals surface area (Å²) in [6.07, 6.45) is 1.47. The average molecular weight is 351 g/mol. The van der Waals surface area contributed by atoms with Gasteiger partial charge in [-0.25, -0.2) is 14.4 Å². The largest absolute Gasteiger partial charge is 0.342 e. The molecule has 0 spiro atoms. The van der Waals surface area contributed by atoms with Crippen molar-refractivity contribution in [3.63, 3.8) is 0 Å². The molecule has 0 fully saturated rings. The zero-order valence-corrected chi connectivity index (χ0v) is 14.5. The number of nitrogens with one attached hydrogen (secondary N) is 2. The Morgan fingerprint density at radius 1 is 1.27 bits per heavy atom. The topological polar surface area (TPSA) is 75.6 Å².